The third-order valence-corrected chi connectivity index (χ3v) is 4.16. The summed E-state index contributed by atoms with van der Waals surface area (Å²) in [7, 11) is 0. The molecule has 0 fully saturated rings. The van der Waals surface area contributed by atoms with Gasteiger partial charge in [-0.05, 0) is 46.9 Å². The molecule has 0 saturated carbocycles. The smallest absolute Gasteiger partial charge is 0.251 e. The molecule has 5 nitrogen and oxygen atoms in total. The van der Waals surface area contributed by atoms with Crippen LogP contribution in [0.2, 0.25) is 0 Å². The Morgan fingerprint density at radius 2 is 1.85 bits per heavy atom. The number of nitrogens with one attached hydrogen (secondary N) is 2. The van der Waals surface area contributed by atoms with Gasteiger partial charge >= 0.3 is 0 Å². The maximum atomic E-state index is 12.4. The molecule has 0 saturated heterocycles. The molecule has 0 aliphatic rings. The summed E-state index contributed by atoms with van der Waals surface area (Å²) in [5, 5.41) is 3.86. The van der Waals surface area contributed by atoms with Gasteiger partial charge in [-0.25, -0.2) is 0 Å². The lowest BCUT2D eigenvalue weighted by Gasteiger charge is -2.18. The first-order valence-corrected chi connectivity index (χ1v) is 8.54. The van der Waals surface area contributed by atoms with E-state index in [2.05, 4.69) is 31.1 Å². The number of fused-ring (bicyclic) bond motifs is 1. The Morgan fingerprint density at radius 3 is 2.54 bits per heavy atom. The maximum absolute atomic E-state index is 12.4. The number of aromatic nitrogens is 1. The van der Waals surface area contributed by atoms with Crippen molar-refractivity contribution in [3.05, 3.63) is 59.8 Å². The van der Waals surface area contributed by atoms with Gasteiger partial charge in [0.25, 0.3) is 11.8 Å². The monoisotopic (exact) mass is 349 g/mol. The van der Waals surface area contributed by atoms with Gasteiger partial charge < -0.3 is 16.0 Å². The summed E-state index contributed by atoms with van der Waals surface area (Å²) in [5.74, 6) is -0.599. The van der Waals surface area contributed by atoms with E-state index in [1.54, 1.807) is 18.3 Å². The van der Waals surface area contributed by atoms with E-state index >= 15 is 0 Å². The summed E-state index contributed by atoms with van der Waals surface area (Å²) in [6, 6.07) is 13.0. The number of aromatic amines is 1. The van der Waals surface area contributed by atoms with Gasteiger partial charge in [-0.1, -0.05) is 32.9 Å². The first-order valence-electron chi connectivity index (χ1n) is 8.54. The van der Waals surface area contributed by atoms with Crippen LogP contribution in [0.4, 0.5) is 0 Å². The van der Waals surface area contributed by atoms with E-state index in [9.17, 15) is 9.59 Å². The highest BCUT2D eigenvalue weighted by atomic mass is 16.2. The highest BCUT2D eigenvalue weighted by Crippen LogP contribution is 2.28. The van der Waals surface area contributed by atoms with Crippen LogP contribution in [-0.2, 0) is 0 Å². The molecule has 26 heavy (non-hydrogen) atoms. The lowest BCUT2D eigenvalue weighted by Crippen LogP contribution is -2.32. The molecule has 0 spiro atoms. The summed E-state index contributed by atoms with van der Waals surface area (Å²) in [4.78, 5) is 27.3. The van der Waals surface area contributed by atoms with Crippen LogP contribution >= 0.6 is 0 Å². The Morgan fingerprint density at radius 1 is 1.08 bits per heavy atom. The Bertz CT molecular complexity index is 980. The van der Waals surface area contributed by atoms with Crippen LogP contribution in [0.25, 0.3) is 22.0 Å². The topological polar surface area (TPSA) is 88.0 Å². The third-order valence-electron chi connectivity index (χ3n) is 4.16. The van der Waals surface area contributed by atoms with Crippen molar-refractivity contribution in [2.45, 2.75) is 20.8 Å². The first-order chi connectivity index (χ1) is 12.2. The molecule has 2 aromatic carbocycles. The number of primary amides is 1. The van der Waals surface area contributed by atoms with Crippen LogP contribution in [0.5, 0.6) is 0 Å². The molecular formula is C21H23N3O2. The minimum absolute atomic E-state index is 0.0168. The van der Waals surface area contributed by atoms with Gasteiger partial charge in [0, 0.05) is 23.7 Å². The largest absolute Gasteiger partial charge is 0.366 e. The van der Waals surface area contributed by atoms with Crippen molar-refractivity contribution in [2.75, 3.05) is 6.54 Å². The molecule has 0 bridgehead atoms. The number of hydrogen-bond acceptors (Lipinski definition) is 2. The molecule has 1 heterocycles. The second-order valence-corrected chi connectivity index (χ2v) is 7.65. The number of H-pyrrole nitrogens is 1. The average molecular weight is 349 g/mol. The van der Waals surface area contributed by atoms with Gasteiger partial charge in [0.05, 0.1) is 11.1 Å². The minimum atomic E-state index is -0.488. The van der Waals surface area contributed by atoms with E-state index in [0.717, 1.165) is 22.0 Å². The Balaban J connectivity index is 1.97. The van der Waals surface area contributed by atoms with Crippen LogP contribution in [0.1, 0.15) is 41.5 Å². The van der Waals surface area contributed by atoms with E-state index in [0.29, 0.717) is 17.7 Å². The molecule has 4 N–H and O–H groups in total. The minimum Gasteiger partial charge on any atom is -0.366 e. The van der Waals surface area contributed by atoms with E-state index in [-0.39, 0.29) is 11.3 Å². The summed E-state index contributed by atoms with van der Waals surface area (Å²) >= 11 is 0. The molecule has 1 aromatic heterocycles. The van der Waals surface area contributed by atoms with Crippen LogP contribution < -0.4 is 11.1 Å². The summed E-state index contributed by atoms with van der Waals surface area (Å²) < 4.78 is 0. The Hall–Kier alpha value is -3.08. The standard InChI is InChI=1S/C21H23N3O2/c1-21(2,3)12-24-20(26)15-6-4-5-13(9-15)16-10-14-7-8-23-18(14)17(11-16)19(22)25/h4-11,23H,12H2,1-3H3,(H2,22,25)(H,24,26). The van der Waals surface area contributed by atoms with Crippen LogP contribution in [0.15, 0.2) is 48.7 Å². The van der Waals surface area contributed by atoms with Crippen molar-refractivity contribution in [1.29, 1.82) is 0 Å². The molecule has 5 heteroatoms. The number of amides is 2. The Kier molecular flexibility index (Phi) is 4.55. The summed E-state index contributed by atoms with van der Waals surface area (Å²) in [6.45, 7) is 6.81. The van der Waals surface area contributed by atoms with Gasteiger partial charge in [-0.2, -0.15) is 0 Å². The number of hydrogen-bond donors (Lipinski definition) is 3. The zero-order valence-electron chi connectivity index (χ0n) is 15.2. The summed E-state index contributed by atoms with van der Waals surface area (Å²) in [5.41, 5.74) is 8.98. The maximum Gasteiger partial charge on any atom is 0.251 e. The molecule has 0 unspecified atom stereocenters. The molecule has 0 radical (unpaired) electrons. The van der Waals surface area contributed by atoms with E-state index < -0.39 is 5.91 Å². The lowest BCUT2D eigenvalue weighted by atomic mass is 9.96. The second kappa shape index (κ2) is 6.67. The molecule has 0 atom stereocenters. The highest BCUT2D eigenvalue weighted by molar-refractivity contribution is 6.07. The highest BCUT2D eigenvalue weighted by Gasteiger charge is 2.15. The normalized spacial score (nSPS) is 11.5. The second-order valence-electron chi connectivity index (χ2n) is 7.65. The lowest BCUT2D eigenvalue weighted by molar-refractivity contribution is 0.0938. The molecule has 0 aliphatic carbocycles. The summed E-state index contributed by atoms with van der Waals surface area (Å²) in [6.07, 6.45) is 1.78. The molecule has 2 amide bonds. The predicted octanol–water partition coefficient (Wildman–Crippen LogP) is 3.71. The van der Waals surface area contributed by atoms with E-state index in [1.165, 1.54) is 0 Å². The van der Waals surface area contributed by atoms with Crippen molar-refractivity contribution >= 4 is 22.7 Å². The van der Waals surface area contributed by atoms with Crippen molar-refractivity contribution in [3.8, 4) is 11.1 Å². The fraction of sp³-hybridized carbons (Fsp3) is 0.238. The van der Waals surface area contributed by atoms with Crippen molar-refractivity contribution in [3.63, 3.8) is 0 Å². The van der Waals surface area contributed by atoms with Gasteiger partial charge in [0.1, 0.15) is 0 Å². The fourth-order valence-corrected chi connectivity index (χ4v) is 2.82. The zero-order chi connectivity index (χ0) is 18.9. The molecule has 3 rings (SSSR count). The van der Waals surface area contributed by atoms with Crippen LogP contribution in [-0.4, -0.2) is 23.3 Å². The molecule has 0 aliphatic heterocycles. The molecule has 134 valence electrons. The van der Waals surface area contributed by atoms with E-state index in [4.69, 9.17) is 5.73 Å². The number of benzene rings is 2. The Labute approximate surface area is 152 Å². The third kappa shape index (κ3) is 3.77. The zero-order valence-corrected chi connectivity index (χ0v) is 15.2. The molecule has 3 aromatic rings. The number of carbonyl (C=O) groups excluding carboxylic acids is 2. The van der Waals surface area contributed by atoms with Gasteiger partial charge in [0.15, 0.2) is 0 Å². The first kappa shape index (κ1) is 17.7. The van der Waals surface area contributed by atoms with Crippen molar-refractivity contribution in [2.24, 2.45) is 11.1 Å². The van der Waals surface area contributed by atoms with Crippen molar-refractivity contribution < 1.29 is 9.59 Å². The quantitative estimate of drug-likeness (QED) is 0.670. The van der Waals surface area contributed by atoms with Gasteiger partial charge in [-0.3, -0.25) is 9.59 Å². The predicted molar refractivity (Wildman–Crippen MR) is 104 cm³/mol. The number of rotatable bonds is 4. The number of carbonyl (C=O) groups is 2. The SMILES string of the molecule is CC(C)(C)CNC(=O)c1cccc(-c2cc(C(N)=O)c3[nH]ccc3c2)c1. The molecular weight excluding hydrogens is 326 g/mol. The van der Waals surface area contributed by atoms with E-state index in [1.807, 2.05) is 30.3 Å². The van der Waals surface area contributed by atoms with Gasteiger partial charge in [0.2, 0.25) is 0 Å². The number of nitrogens with two attached hydrogens (primary N) is 1. The average Bonchev–Trinajstić information content (AvgIpc) is 3.06. The van der Waals surface area contributed by atoms with Crippen molar-refractivity contribution in [1.82, 2.24) is 10.3 Å². The van der Waals surface area contributed by atoms with Crippen LogP contribution in [0, 0.1) is 5.41 Å². The van der Waals surface area contributed by atoms with Crippen LogP contribution in [0.3, 0.4) is 0 Å². The van der Waals surface area contributed by atoms with Gasteiger partial charge in [-0.15, -0.1) is 0 Å². The fourth-order valence-electron chi connectivity index (χ4n) is 2.82.